The third-order valence-electron chi connectivity index (χ3n) is 6.14. The number of aliphatic hydroxyl groups excluding tert-OH is 1. The summed E-state index contributed by atoms with van der Waals surface area (Å²) in [6, 6.07) is 15.1. The van der Waals surface area contributed by atoms with Crippen molar-refractivity contribution >= 4 is 18.0 Å². The van der Waals surface area contributed by atoms with Gasteiger partial charge in [-0.2, -0.15) is 0 Å². The van der Waals surface area contributed by atoms with E-state index in [1.165, 1.54) is 0 Å². The van der Waals surface area contributed by atoms with Gasteiger partial charge >= 0.3 is 12.1 Å². The summed E-state index contributed by atoms with van der Waals surface area (Å²) in [7, 11) is 0. The first kappa shape index (κ1) is 21.8. The molecule has 8 heteroatoms. The lowest BCUT2D eigenvalue weighted by atomic mass is 9.98. The summed E-state index contributed by atoms with van der Waals surface area (Å²) in [5.41, 5.74) is 4.59. The van der Waals surface area contributed by atoms with Gasteiger partial charge in [-0.25, -0.2) is 9.59 Å². The van der Waals surface area contributed by atoms with Crippen molar-refractivity contribution in [1.82, 2.24) is 10.6 Å². The molecule has 2 aromatic carbocycles. The van der Waals surface area contributed by atoms with Crippen LogP contribution in [0.3, 0.4) is 0 Å². The van der Waals surface area contributed by atoms with Crippen LogP contribution in [0.2, 0.25) is 0 Å². The molecular weight excluding hydrogens is 412 g/mol. The van der Waals surface area contributed by atoms with Crippen molar-refractivity contribution in [3.8, 4) is 11.1 Å². The average Bonchev–Trinajstić information content (AvgIpc) is 3.51. The molecule has 0 bridgehead atoms. The highest BCUT2D eigenvalue weighted by molar-refractivity contribution is 5.86. The van der Waals surface area contributed by atoms with Crippen molar-refractivity contribution in [2.24, 2.45) is 11.8 Å². The zero-order chi connectivity index (χ0) is 22.7. The molecule has 0 aromatic heterocycles. The molecule has 0 heterocycles. The molecule has 2 unspecified atom stereocenters. The molecule has 4 rings (SSSR count). The first-order chi connectivity index (χ1) is 15.5. The van der Waals surface area contributed by atoms with E-state index in [0.29, 0.717) is 6.42 Å². The molecule has 0 radical (unpaired) electrons. The van der Waals surface area contributed by atoms with Crippen LogP contribution in [0.4, 0.5) is 4.79 Å². The smallest absolute Gasteiger partial charge is 0.407 e. The summed E-state index contributed by atoms with van der Waals surface area (Å²) in [5.74, 6) is -1.97. The molecule has 2 aliphatic rings. The van der Waals surface area contributed by atoms with Crippen LogP contribution in [-0.4, -0.2) is 54.0 Å². The second-order valence-electron chi connectivity index (χ2n) is 8.22. The van der Waals surface area contributed by atoms with Gasteiger partial charge < -0.3 is 25.6 Å². The highest BCUT2D eigenvalue weighted by Crippen LogP contribution is 2.44. The van der Waals surface area contributed by atoms with Crippen molar-refractivity contribution < 1.29 is 29.3 Å². The fourth-order valence-electron chi connectivity index (χ4n) is 4.32. The van der Waals surface area contributed by atoms with Gasteiger partial charge in [0.1, 0.15) is 12.6 Å². The Morgan fingerprint density at radius 1 is 1.03 bits per heavy atom. The van der Waals surface area contributed by atoms with Gasteiger partial charge in [0.15, 0.2) is 0 Å². The van der Waals surface area contributed by atoms with Crippen molar-refractivity contribution in [3.05, 3.63) is 59.7 Å². The summed E-state index contributed by atoms with van der Waals surface area (Å²) in [5, 5.41) is 23.1. The molecule has 32 heavy (non-hydrogen) atoms. The van der Waals surface area contributed by atoms with E-state index in [1.807, 2.05) is 24.3 Å². The van der Waals surface area contributed by atoms with Gasteiger partial charge in [-0.15, -0.1) is 0 Å². The van der Waals surface area contributed by atoms with E-state index in [1.54, 1.807) is 0 Å². The van der Waals surface area contributed by atoms with Gasteiger partial charge in [0.05, 0.1) is 0 Å². The fourth-order valence-corrected chi connectivity index (χ4v) is 4.32. The van der Waals surface area contributed by atoms with Crippen molar-refractivity contribution in [3.63, 3.8) is 0 Å². The van der Waals surface area contributed by atoms with E-state index in [9.17, 15) is 14.4 Å². The van der Waals surface area contributed by atoms with Crippen molar-refractivity contribution in [1.29, 1.82) is 0 Å². The van der Waals surface area contributed by atoms with E-state index >= 15 is 0 Å². The molecule has 8 nitrogen and oxygen atoms in total. The van der Waals surface area contributed by atoms with E-state index in [-0.39, 0.29) is 49.8 Å². The molecule has 1 saturated carbocycles. The number of aliphatic carboxylic acids is 1. The number of rotatable bonds is 9. The number of carbonyl (C=O) groups is 3. The summed E-state index contributed by atoms with van der Waals surface area (Å²) >= 11 is 0. The monoisotopic (exact) mass is 438 g/mol. The standard InChI is InChI=1S/C24H26N2O6/c27-10-9-21(23(29)30)26-22(28)19-11-14(19)12-25-24(31)32-13-20-17-7-3-1-5-15(17)16-6-2-4-8-18(16)20/h1-8,14,19-21,27H,9-13H2,(H,25,31)(H,26,28)(H,29,30)/t14?,19?,21-/m0/s1. The number of carbonyl (C=O) groups excluding carboxylic acids is 2. The predicted octanol–water partition coefficient (Wildman–Crippen LogP) is 2.11. The van der Waals surface area contributed by atoms with E-state index in [2.05, 4.69) is 34.9 Å². The summed E-state index contributed by atoms with van der Waals surface area (Å²) in [4.78, 5) is 35.5. The Morgan fingerprint density at radius 3 is 2.25 bits per heavy atom. The summed E-state index contributed by atoms with van der Waals surface area (Å²) in [6.07, 6.45) is -0.0150. The van der Waals surface area contributed by atoms with E-state index < -0.39 is 18.1 Å². The third kappa shape index (κ3) is 4.60. The Kier molecular flexibility index (Phi) is 6.41. The SMILES string of the molecule is O=C(NCC1CC1C(=O)N[C@@H](CCO)C(=O)O)OCC1c2ccccc2-c2ccccc21. The number of fused-ring (bicyclic) bond motifs is 3. The normalized spacial score (nSPS) is 19.4. The minimum absolute atomic E-state index is 0.0212. The second-order valence-corrected chi connectivity index (χ2v) is 8.22. The van der Waals surface area contributed by atoms with Gasteiger partial charge in [-0.1, -0.05) is 48.5 Å². The molecular formula is C24H26N2O6. The zero-order valence-electron chi connectivity index (χ0n) is 17.5. The summed E-state index contributed by atoms with van der Waals surface area (Å²) < 4.78 is 5.49. The second kappa shape index (κ2) is 9.40. The third-order valence-corrected chi connectivity index (χ3v) is 6.14. The number of nitrogens with one attached hydrogen (secondary N) is 2. The average molecular weight is 438 g/mol. The van der Waals surface area contributed by atoms with Crippen LogP contribution in [0.1, 0.15) is 29.9 Å². The minimum atomic E-state index is -1.18. The molecule has 3 atom stereocenters. The summed E-state index contributed by atoms with van der Waals surface area (Å²) in [6.45, 7) is 0.178. The maximum Gasteiger partial charge on any atom is 0.407 e. The number of carboxylic acid groups (broad SMARTS) is 1. The zero-order valence-corrected chi connectivity index (χ0v) is 17.5. The lowest BCUT2D eigenvalue weighted by Gasteiger charge is -2.15. The highest BCUT2D eigenvalue weighted by Gasteiger charge is 2.44. The Balaban J connectivity index is 1.25. The Hall–Kier alpha value is -3.39. The van der Waals surface area contributed by atoms with E-state index in [4.69, 9.17) is 14.9 Å². The number of hydrogen-bond donors (Lipinski definition) is 4. The van der Waals surface area contributed by atoms with Crippen LogP contribution in [0.25, 0.3) is 11.1 Å². The van der Waals surface area contributed by atoms with Crippen LogP contribution < -0.4 is 10.6 Å². The van der Waals surface area contributed by atoms with Crippen LogP contribution in [0.15, 0.2) is 48.5 Å². The molecule has 2 aliphatic carbocycles. The molecule has 1 fully saturated rings. The maximum absolute atomic E-state index is 12.2. The quantitative estimate of drug-likeness (QED) is 0.475. The van der Waals surface area contributed by atoms with E-state index in [0.717, 1.165) is 22.3 Å². The largest absolute Gasteiger partial charge is 0.480 e. The van der Waals surface area contributed by atoms with Gasteiger partial charge in [0, 0.05) is 31.4 Å². The van der Waals surface area contributed by atoms with Gasteiger partial charge in [-0.3, -0.25) is 4.79 Å². The number of alkyl carbamates (subject to hydrolysis) is 1. The first-order valence-electron chi connectivity index (χ1n) is 10.7. The molecule has 2 amide bonds. The Bertz CT molecular complexity index is 978. The Morgan fingerprint density at radius 2 is 1.66 bits per heavy atom. The molecule has 0 spiro atoms. The number of benzene rings is 2. The van der Waals surface area contributed by atoms with Gasteiger partial charge in [0.2, 0.25) is 5.91 Å². The topological polar surface area (TPSA) is 125 Å². The number of aliphatic hydroxyl groups is 1. The van der Waals surface area contributed by atoms with Crippen LogP contribution >= 0.6 is 0 Å². The number of ether oxygens (including phenoxy) is 1. The lowest BCUT2D eigenvalue weighted by Crippen LogP contribution is -2.42. The maximum atomic E-state index is 12.2. The molecule has 0 saturated heterocycles. The highest BCUT2D eigenvalue weighted by atomic mass is 16.5. The van der Waals surface area contributed by atoms with Crippen LogP contribution in [-0.2, 0) is 14.3 Å². The molecule has 2 aromatic rings. The number of hydrogen-bond acceptors (Lipinski definition) is 5. The minimum Gasteiger partial charge on any atom is -0.480 e. The van der Waals surface area contributed by atoms with Crippen molar-refractivity contribution in [2.75, 3.05) is 19.8 Å². The molecule has 0 aliphatic heterocycles. The molecule has 168 valence electrons. The van der Waals surface area contributed by atoms with Crippen molar-refractivity contribution in [2.45, 2.75) is 24.8 Å². The first-order valence-corrected chi connectivity index (χ1v) is 10.7. The lowest BCUT2D eigenvalue weighted by molar-refractivity contribution is -0.142. The number of carboxylic acids is 1. The van der Waals surface area contributed by atoms with Crippen LogP contribution in [0, 0.1) is 11.8 Å². The Labute approximate surface area is 185 Å². The molecule has 4 N–H and O–H groups in total. The fraction of sp³-hybridized carbons (Fsp3) is 0.375. The number of amides is 2. The van der Waals surface area contributed by atoms with Gasteiger partial charge in [-0.05, 0) is 34.6 Å². The van der Waals surface area contributed by atoms with Gasteiger partial charge in [0.25, 0.3) is 0 Å². The predicted molar refractivity (Wildman–Crippen MR) is 116 cm³/mol. The van der Waals surface area contributed by atoms with Crippen LogP contribution in [0.5, 0.6) is 0 Å².